The molecular weight excluding hydrogens is 448 g/mol. The summed E-state index contributed by atoms with van der Waals surface area (Å²) in [7, 11) is -7.94. The zero-order chi connectivity index (χ0) is 21.9. The van der Waals surface area contributed by atoms with Crippen molar-refractivity contribution < 1.29 is 21.8 Å². The number of rotatable bonds is 8. The van der Waals surface area contributed by atoms with Crippen molar-refractivity contribution in [1.82, 2.24) is 4.72 Å². The summed E-state index contributed by atoms with van der Waals surface area (Å²) in [5.41, 5.74) is 0.660. The third-order valence-electron chi connectivity index (χ3n) is 4.40. The Morgan fingerprint density at radius 1 is 0.967 bits per heavy atom. The summed E-state index contributed by atoms with van der Waals surface area (Å²) in [6.45, 7) is 1.46. The van der Waals surface area contributed by atoms with Gasteiger partial charge >= 0.3 is 0 Å². The van der Waals surface area contributed by atoms with Crippen LogP contribution in [0.4, 0.5) is 5.69 Å². The van der Waals surface area contributed by atoms with Crippen molar-refractivity contribution in [2.45, 2.75) is 22.0 Å². The molecule has 2 aromatic carbocycles. The molecule has 1 heterocycles. The van der Waals surface area contributed by atoms with Crippen LogP contribution in [0.15, 0.2) is 75.8 Å². The fourth-order valence-corrected chi connectivity index (χ4v) is 6.68. The van der Waals surface area contributed by atoms with Crippen LogP contribution < -0.4 is 4.72 Å². The lowest BCUT2D eigenvalue weighted by atomic mass is 10.2. The zero-order valence-corrected chi connectivity index (χ0v) is 18.2. The Kier molecular flexibility index (Phi) is 6.36. The maximum Gasteiger partial charge on any atom is 0.269 e. The fraction of sp³-hybridized carbons (Fsp3) is 0.158. The molecule has 11 heteroatoms. The third-order valence-corrected chi connectivity index (χ3v) is 9.07. The van der Waals surface area contributed by atoms with E-state index in [2.05, 4.69) is 4.72 Å². The van der Waals surface area contributed by atoms with Gasteiger partial charge in [-0.05, 0) is 42.6 Å². The molecule has 3 rings (SSSR count). The topological polar surface area (TPSA) is 123 Å². The highest BCUT2D eigenvalue weighted by molar-refractivity contribution is 7.92. The van der Waals surface area contributed by atoms with E-state index < -0.39 is 30.0 Å². The number of sulfone groups is 1. The highest BCUT2D eigenvalue weighted by atomic mass is 32.2. The highest BCUT2D eigenvalue weighted by Crippen LogP contribution is 2.32. The lowest BCUT2D eigenvalue weighted by molar-refractivity contribution is -0.384. The number of nitro groups is 1. The molecule has 1 aromatic heterocycles. The first-order valence-electron chi connectivity index (χ1n) is 8.69. The van der Waals surface area contributed by atoms with Crippen LogP contribution >= 0.6 is 11.3 Å². The molecule has 1 unspecified atom stereocenters. The summed E-state index contributed by atoms with van der Waals surface area (Å²) in [5, 5.41) is 11.4. The normalized spacial score (nSPS) is 13.1. The van der Waals surface area contributed by atoms with Gasteiger partial charge in [-0.1, -0.05) is 23.8 Å². The van der Waals surface area contributed by atoms with Crippen LogP contribution in [0.1, 0.15) is 15.7 Å². The van der Waals surface area contributed by atoms with Gasteiger partial charge in [0.1, 0.15) is 5.25 Å². The van der Waals surface area contributed by atoms with Crippen LogP contribution in [0.5, 0.6) is 0 Å². The van der Waals surface area contributed by atoms with Gasteiger partial charge < -0.3 is 0 Å². The number of nitro benzene ring substituents is 1. The van der Waals surface area contributed by atoms with Gasteiger partial charge in [0.2, 0.25) is 10.0 Å². The molecule has 0 saturated carbocycles. The molecule has 0 fully saturated rings. The molecular formula is C19H18N2O6S3. The summed E-state index contributed by atoms with van der Waals surface area (Å²) in [6, 6.07) is 14.1. The van der Waals surface area contributed by atoms with Gasteiger partial charge in [-0.3, -0.25) is 10.1 Å². The Bertz CT molecular complexity index is 1230. The Labute approximate surface area is 178 Å². The average molecular weight is 467 g/mol. The quantitative estimate of drug-likeness (QED) is 0.401. The number of sulfonamides is 1. The van der Waals surface area contributed by atoms with Crippen LogP contribution in [0.25, 0.3) is 0 Å². The molecule has 158 valence electrons. The third kappa shape index (κ3) is 4.75. The van der Waals surface area contributed by atoms with E-state index in [4.69, 9.17) is 0 Å². The molecule has 0 amide bonds. The van der Waals surface area contributed by atoms with E-state index in [0.29, 0.717) is 4.88 Å². The molecule has 1 N–H and O–H groups in total. The zero-order valence-electron chi connectivity index (χ0n) is 15.8. The lowest BCUT2D eigenvalue weighted by Gasteiger charge is -2.18. The first kappa shape index (κ1) is 22.1. The minimum Gasteiger partial charge on any atom is -0.258 e. The van der Waals surface area contributed by atoms with Crippen molar-refractivity contribution in [3.63, 3.8) is 0 Å². The second-order valence-electron chi connectivity index (χ2n) is 6.47. The van der Waals surface area contributed by atoms with Gasteiger partial charge in [0.25, 0.3) is 5.69 Å². The number of hydrogen-bond acceptors (Lipinski definition) is 7. The van der Waals surface area contributed by atoms with Gasteiger partial charge in [0, 0.05) is 23.6 Å². The van der Waals surface area contributed by atoms with Gasteiger partial charge in [0.05, 0.1) is 14.7 Å². The van der Waals surface area contributed by atoms with E-state index in [1.807, 2.05) is 6.92 Å². The van der Waals surface area contributed by atoms with Crippen LogP contribution in [0.2, 0.25) is 0 Å². The van der Waals surface area contributed by atoms with Crippen LogP contribution in [0.3, 0.4) is 0 Å². The minimum absolute atomic E-state index is 0.0982. The van der Waals surface area contributed by atoms with E-state index in [1.165, 1.54) is 23.5 Å². The second kappa shape index (κ2) is 8.64. The first-order chi connectivity index (χ1) is 14.1. The van der Waals surface area contributed by atoms with Crippen molar-refractivity contribution in [2.24, 2.45) is 0 Å². The molecule has 3 aromatic rings. The maximum absolute atomic E-state index is 13.2. The van der Waals surface area contributed by atoms with Crippen LogP contribution in [-0.4, -0.2) is 28.3 Å². The van der Waals surface area contributed by atoms with E-state index in [1.54, 1.807) is 29.6 Å². The van der Waals surface area contributed by atoms with E-state index in [9.17, 15) is 26.9 Å². The smallest absolute Gasteiger partial charge is 0.258 e. The molecule has 0 bridgehead atoms. The summed E-state index contributed by atoms with van der Waals surface area (Å²) >= 11 is 1.22. The number of benzene rings is 2. The number of nitrogens with one attached hydrogen (secondary N) is 1. The van der Waals surface area contributed by atoms with Crippen molar-refractivity contribution in [2.75, 3.05) is 6.54 Å². The summed E-state index contributed by atoms with van der Waals surface area (Å²) in [6.07, 6.45) is 0. The van der Waals surface area contributed by atoms with E-state index in [0.717, 1.165) is 29.8 Å². The molecule has 0 radical (unpaired) electrons. The number of aryl methyl sites for hydroxylation is 1. The highest BCUT2D eigenvalue weighted by Gasteiger charge is 2.31. The molecule has 0 aliphatic rings. The number of non-ortho nitro benzene ring substituents is 1. The predicted octanol–water partition coefficient (Wildman–Crippen LogP) is 3.46. The Balaban J connectivity index is 1.89. The molecule has 0 spiro atoms. The number of thiophene rings is 1. The Morgan fingerprint density at radius 2 is 1.57 bits per heavy atom. The summed E-state index contributed by atoms with van der Waals surface area (Å²) in [5.74, 6) is 0. The SMILES string of the molecule is Cc1ccc(S(=O)(=O)C(CNS(=O)(=O)c2ccc([N+](=O)[O-])cc2)c2cccs2)cc1. The molecule has 0 aliphatic carbocycles. The van der Waals surface area contributed by atoms with Gasteiger partial charge in [-0.2, -0.15) is 0 Å². The molecule has 0 saturated heterocycles. The standard InChI is InChI=1S/C19H18N2O6S3/c1-14-4-8-16(9-5-14)29(24,25)19(18-3-2-12-28-18)13-20-30(26,27)17-10-6-15(7-11-17)21(22)23/h2-12,19-20H,13H2,1H3. The van der Waals surface area contributed by atoms with E-state index >= 15 is 0 Å². The van der Waals surface area contributed by atoms with Crippen molar-refractivity contribution >= 4 is 36.9 Å². The Morgan fingerprint density at radius 3 is 2.10 bits per heavy atom. The average Bonchev–Trinajstić information content (AvgIpc) is 3.22. The molecule has 30 heavy (non-hydrogen) atoms. The Hall–Kier alpha value is -2.60. The molecule has 8 nitrogen and oxygen atoms in total. The summed E-state index contributed by atoms with van der Waals surface area (Å²) < 4.78 is 54.0. The van der Waals surface area contributed by atoms with Gasteiger partial charge in [-0.25, -0.2) is 21.6 Å². The molecule has 0 aliphatic heterocycles. The fourth-order valence-electron chi connectivity index (χ4n) is 2.75. The minimum atomic E-state index is -4.07. The second-order valence-corrected chi connectivity index (χ2v) is 11.3. The summed E-state index contributed by atoms with van der Waals surface area (Å²) in [4.78, 5) is 10.5. The van der Waals surface area contributed by atoms with Gasteiger partial charge in [0.15, 0.2) is 9.84 Å². The largest absolute Gasteiger partial charge is 0.269 e. The van der Waals surface area contributed by atoms with Crippen LogP contribution in [0, 0.1) is 17.0 Å². The first-order valence-corrected chi connectivity index (χ1v) is 12.6. The number of nitrogens with zero attached hydrogens (tertiary/aromatic N) is 1. The lowest BCUT2D eigenvalue weighted by Crippen LogP contribution is -2.31. The van der Waals surface area contributed by atoms with Crippen molar-refractivity contribution in [3.8, 4) is 0 Å². The van der Waals surface area contributed by atoms with Crippen LogP contribution in [-0.2, 0) is 19.9 Å². The maximum atomic E-state index is 13.2. The van der Waals surface area contributed by atoms with Crippen molar-refractivity contribution in [3.05, 3.63) is 86.6 Å². The predicted molar refractivity (Wildman–Crippen MR) is 114 cm³/mol. The van der Waals surface area contributed by atoms with E-state index in [-0.39, 0.29) is 22.0 Å². The number of hydrogen-bond donors (Lipinski definition) is 1. The molecule has 1 atom stereocenters. The monoisotopic (exact) mass is 466 g/mol. The van der Waals surface area contributed by atoms with Crippen molar-refractivity contribution in [1.29, 1.82) is 0 Å². The van der Waals surface area contributed by atoms with Gasteiger partial charge in [-0.15, -0.1) is 11.3 Å².